The van der Waals surface area contributed by atoms with Crippen LogP contribution in [0.4, 0.5) is 18.9 Å². The Morgan fingerprint density at radius 1 is 0.851 bits per heavy atom. The fourth-order valence-corrected chi connectivity index (χ4v) is 6.98. The van der Waals surface area contributed by atoms with Gasteiger partial charge < -0.3 is 10.2 Å². The third kappa shape index (κ3) is 8.98. The Balaban J connectivity index is 1.88. The van der Waals surface area contributed by atoms with E-state index in [-0.39, 0.29) is 34.5 Å². The molecule has 0 bridgehead atoms. The van der Waals surface area contributed by atoms with E-state index in [2.05, 4.69) is 5.32 Å². The number of likely N-dealkylation sites (N-methyl/N-ethyl adjacent to an activating group) is 1. The maximum atomic E-state index is 14.4. The van der Waals surface area contributed by atoms with Gasteiger partial charge in [0.15, 0.2) is 0 Å². The standard InChI is InChI=1S/C33H29Cl3F3N3O4S/c1-2-40-32(44)30(17-22-9-5-3-6-10-22)41(20-23-13-15-25(34)19-28(23)36)31(43)21-42(47(45,46)26-11-7-4-8-12-26)29-18-24(33(37,38)39)14-16-27(29)35/h3-16,18-19,30H,2,17,20-21H2,1H3,(H,40,44)/t30-/m0/s1. The zero-order chi connectivity index (χ0) is 34.4. The van der Waals surface area contributed by atoms with Gasteiger partial charge in [0, 0.05) is 29.6 Å². The first kappa shape index (κ1) is 36.1. The molecule has 4 aromatic rings. The summed E-state index contributed by atoms with van der Waals surface area (Å²) in [5.74, 6) is -1.44. The minimum atomic E-state index is -4.85. The summed E-state index contributed by atoms with van der Waals surface area (Å²) in [6.45, 7) is 0.652. The van der Waals surface area contributed by atoms with Crippen molar-refractivity contribution >= 4 is 62.3 Å². The topological polar surface area (TPSA) is 86.8 Å². The van der Waals surface area contributed by atoms with Gasteiger partial charge in [-0.3, -0.25) is 13.9 Å². The Kier molecular flexibility index (Phi) is 11.8. The van der Waals surface area contributed by atoms with Gasteiger partial charge in [-0.05, 0) is 60.5 Å². The second-order valence-electron chi connectivity index (χ2n) is 10.3. The largest absolute Gasteiger partial charge is 0.416 e. The molecule has 248 valence electrons. The Morgan fingerprint density at radius 3 is 2.09 bits per heavy atom. The van der Waals surface area contributed by atoms with E-state index in [4.69, 9.17) is 34.8 Å². The second-order valence-corrected chi connectivity index (χ2v) is 13.5. The van der Waals surface area contributed by atoms with E-state index in [0.717, 1.165) is 11.0 Å². The molecule has 7 nitrogen and oxygen atoms in total. The number of hydrogen-bond donors (Lipinski definition) is 1. The predicted octanol–water partition coefficient (Wildman–Crippen LogP) is 7.64. The van der Waals surface area contributed by atoms with Crippen molar-refractivity contribution in [2.24, 2.45) is 0 Å². The van der Waals surface area contributed by atoms with E-state index in [9.17, 15) is 31.2 Å². The predicted molar refractivity (Wildman–Crippen MR) is 177 cm³/mol. The first-order chi connectivity index (χ1) is 22.2. The van der Waals surface area contributed by atoms with Gasteiger partial charge in [-0.25, -0.2) is 8.42 Å². The molecule has 0 aliphatic rings. The Labute approximate surface area is 285 Å². The number of nitrogens with one attached hydrogen (secondary N) is 1. The third-order valence-corrected chi connectivity index (χ3v) is 9.81. The summed E-state index contributed by atoms with van der Waals surface area (Å²) in [6.07, 6.45) is -4.82. The first-order valence-corrected chi connectivity index (χ1v) is 16.8. The number of sulfonamides is 1. The lowest BCUT2D eigenvalue weighted by atomic mass is 10.0. The summed E-state index contributed by atoms with van der Waals surface area (Å²) in [6, 6.07) is 21.3. The Bertz CT molecular complexity index is 1830. The molecule has 4 rings (SSSR count). The molecular weight excluding hydrogens is 698 g/mol. The van der Waals surface area contributed by atoms with Gasteiger partial charge >= 0.3 is 6.18 Å². The van der Waals surface area contributed by atoms with Crippen LogP contribution in [0.2, 0.25) is 15.1 Å². The molecule has 47 heavy (non-hydrogen) atoms. The van der Waals surface area contributed by atoms with Crippen LogP contribution < -0.4 is 9.62 Å². The number of carbonyl (C=O) groups excluding carboxylic acids is 2. The van der Waals surface area contributed by atoms with Crippen LogP contribution in [0.1, 0.15) is 23.6 Å². The summed E-state index contributed by atoms with van der Waals surface area (Å²) in [7, 11) is -4.68. The minimum Gasteiger partial charge on any atom is -0.355 e. The maximum Gasteiger partial charge on any atom is 0.416 e. The van der Waals surface area contributed by atoms with Gasteiger partial charge in [-0.1, -0.05) is 89.4 Å². The van der Waals surface area contributed by atoms with E-state index < -0.39 is 51.9 Å². The maximum absolute atomic E-state index is 14.4. The van der Waals surface area contributed by atoms with Crippen LogP contribution in [0.25, 0.3) is 0 Å². The molecule has 0 radical (unpaired) electrons. The molecule has 0 spiro atoms. The average molecular weight is 727 g/mol. The van der Waals surface area contributed by atoms with E-state index in [1.807, 2.05) is 0 Å². The normalized spacial score (nSPS) is 12.3. The number of halogens is 6. The van der Waals surface area contributed by atoms with E-state index in [0.29, 0.717) is 32.6 Å². The van der Waals surface area contributed by atoms with Crippen molar-refractivity contribution in [3.05, 3.63) is 129 Å². The van der Waals surface area contributed by atoms with Crippen molar-refractivity contribution in [1.82, 2.24) is 10.2 Å². The van der Waals surface area contributed by atoms with E-state index in [1.54, 1.807) is 49.4 Å². The van der Waals surface area contributed by atoms with E-state index >= 15 is 0 Å². The van der Waals surface area contributed by atoms with Gasteiger partial charge in [0.1, 0.15) is 12.6 Å². The summed E-state index contributed by atoms with van der Waals surface area (Å²) in [5, 5.41) is 2.87. The smallest absolute Gasteiger partial charge is 0.355 e. The zero-order valence-corrected chi connectivity index (χ0v) is 27.9. The van der Waals surface area contributed by atoms with Crippen molar-refractivity contribution in [2.75, 3.05) is 17.4 Å². The molecule has 0 unspecified atom stereocenters. The molecule has 14 heteroatoms. The van der Waals surface area contributed by atoms with E-state index in [1.165, 1.54) is 36.4 Å². The molecule has 1 atom stereocenters. The molecule has 0 aromatic heterocycles. The number of nitrogens with zero attached hydrogens (tertiary/aromatic N) is 2. The van der Waals surface area contributed by atoms with Gasteiger partial charge in [-0.2, -0.15) is 13.2 Å². The minimum absolute atomic E-state index is 0.0272. The fraction of sp³-hybridized carbons (Fsp3) is 0.212. The van der Waals surface area contributed by atoms with Crippen molar-refractivity contribution < 1.29 is 31.2 Å². The summed E-state index contributed by atoms with van der Waals surface area (Å²) < 4.78 is 70.0. The van der Waals surface area contributed by atoms with Crippen LogP contribution in [0.15, 0.2) is 102 Å². The summed E-state index contributed by atoms with van der Waals surface area (Å²) in [4.78, 5) is 28.9. The summed E-state index contributed by atoms with van der Waals surface area (Å²) >= 11 is 18.9. The van der Waals surface area contributed by atoms with Crippen LogP contribution in [-0.4, -0.2) is 44.3 Å². The highest BCUT2D eigenvalue weighted by Crippen LogP contribution is 2.37. The van der Waals surface area contributed by atoms with Crippen LogP contribution in [0, 0.1) is 0 Å². The number of alkyl halides is 3. The quantitative estimate of drug-likeness (QED) is 0.163. The average Bonchev–Trinajstić information content (AvgIpc) is 3.03. The molecule has 0 saturated carbocycles. The molecule has 0 heterocycles. The highest BCUT2D eigenvalue weighted by atomic mass is 35.5. The highest BCUT2D eigenvalue weighted by Gasteiger charge is 2.37. The third-order valence-electron chi connectivity index (χ3n) is 7.13. The van der Waals surface area contributed by atoms with Crippen molar-refractivity contribution in [2.45, 2.75) is 37.0 Å². The van der Waals surface area contributed by atoms with Gasteiger partial charge in [0.05, 0.1) is 21.2 Å². The van der Waals surface area contributed by atoms with Crippen molar-refractivity contribution in [3.63, 3.8) is 0 Å². The molecule has 4 aromatic carbocycles. The lowest BCUT2D eigenvalue weighted by Gasteiger charge is -2.34. The monoisotopic (exact) mass is 725 g/mol. The molecular formula is C33H29Cl3F3N3O4S. The number of amides is 2. The highest BCUT2D eigenvalue weighted by molar-refractivity contribution is 7.92. The van der Waals surface area contributed by atoms with Crippen molar-refractivity contribution in [1.29, 1.82) is 0 Å². The van der Waals surface area contributed by atoms with Crippen molar-refractivity contribution in [3.8, 4) is 0 Å². The van der Waals surface area contributed by atoms with Gasteiger partial charge in [0.2, 0.25) is 11.8 Å². The number of rotatable bonds is 12. The number of anilines is 1. The van der Waals surface area contributed by atoms with Crippen LogP contribution in [0.3, 0.4) is 0 Å². The number of carbonyl (C=O) groups is 2. The fourth-order valence-electron chi connectivity index (χ4n) is 4.79. The van der Waals surface area contributed by atoms with Crippen LogP contribution >= 0.6 is 34.8 Å². The second kappa shape index (κ2) is 15.4. The SMILES string of the molecule is CCNC(=O)[C@H](Cc1ccccc1)N(Cc1ccc(Cl)cc1Cl)C(=O)CN(c1cc(C(F)(F)F)ccc1Cl)S(=O)(=O)c1ccccc1. The lowest BCUT2D eigenvalue weighted by molar-refractivity contribution is -0.140. The molecule has 1 N–H and O–H groups in total. The molecule has 0 aliphatic heterocycles. The zero-order valence-electron chi connectivity index (χ0n) is 24.8. The Hall–Kier alpha value is -3.77. The molecule has 0 fully saturated rings. The van der Waals surface area contributed by atoms with Crippen LogP contribution in [0.5, 0.6) is 0 Å². The number of hydrogen-bond acceptors (Lipinski definition) is 4. The summed E-state index contributed by atoms with van der Waals surface area (Å²) in [5.41, 5.74) is -0.660. The molecule has 0 aliphatic carbocycles. The molecule has 0 saturated heterocycles. The molecule has 2 amide bonds. The Morgan fingerprint density at radius 2 is 1.49 bits per heavy atom. The lowest BCUT2D eigenvalue weighted by Crippen LogP contribution is -2.53. The van der Waals surface area contributed by atoms with Crippen LogP contribution in [-0.2, 0) is 38.8 Å². The first-order valence-electron chi connectivity index (χ1n) is 14.2. The van der Waals surface area contributed by atoms with Gasteiger partial charge in [0.25, 0.3) is 10.0 Å². The van der Waals surface area contributed by atoms with Gasteiger partial charge in [-0.15, -0.1) is 0 Å². The number of benzene rings is 4.